The van der Waals surface area contributed by atoms with Crippen LogP contribution in [0.25, 0.3) is 11.0 Å². The molecule has 7 nitrogen and oxygen atoms in total. The summed E-state index contributed by atoms with van der Waals surface area (Å²) < 4.78 is 19.8. The van der Waals surface area contributed by atoms with E-state index in [1.807, 2.05) is 6.07 Å². The van der Waals surface area contributed by atoms with Crippen LogP contribution in [0.1, 0.15) is 30.4 Å². The van der Waals surface area contributed by atoms with Crippen LogP contribution >= 0.6 is 11.8 Å². The Labute approximate surface area is 208 Å². The minimum atomic E-state index is -0.315. The van der Waals surface area contributed by atoms with Gasteiger partial charge in [0.05, 0.1) is 30.0 Å². The second-order valence-electron chi connectivity index (χ2n) is 9.03. The first-order valence-corrected chi connectivity index (χ1v) is 13.1. The molecule has 2 aliphatic rings. The number of pyridine rings is 2. The Morgan fingerprint density at radius 1 is 1.26 bits per heavy atom. The lowest BCUT2D eigenvalue weighted by molar-refractivity contribution is -0.115. The fraction of sp³-hybridized carbons (Fsp3) is 0.423. The lowest BCUT2D eigenvalue weighted by Gasteiger charge is -2.32. The minimum Gasteiger partial charge on any atom is -0.481 e. The van der Waals surface area contributed by atoms with Gasteiger partial charge in [-0.05, 0) is 56.1 Å². The van der Waals surface area contributed by atoms with Crippen molar-refractivity contribution >= 4 is 34.4 Å². The Kier molecular flexibility index (Phi) is 7.46. The van der Waals surface area contributed by atoms with E-state index in [4.69, 9.17) is 4.74 Å². The quantitative estimate of drug-likeness (QED) is 0.513. The van der Waals surface area contributed by atoms with Crippen LogP contribution in [0, 0.1) is 5.82 Å². The van der Waals surface area contributed by atoms with E-state index in [1.165, 1.54) is 11.8 Å². The third kappa shape index (κ3) is 5.74. The molecule has 2 aliphatic heterocycles. The van der Waals surface area contributed by atoms with Crippen molar-refractivity contribution in [3.63, 3.8) is 0 Å². The van der Waals surface area contributed by atoms with Crippen LogP contribution in [0.15, 0.2) is 41.4 Å². The fourth-order valence-corrected chi connectivity index (χ4v) is 5.64. The van der Waals surface area contributed by atoms with Crippen LogP contribution in [0.5, 0.6) is 5.88 Å². The van der Waals surface area contributed by atoms with Gasteiger partial charge in [-0.1, -0.05) is 6.07 Å². The molecule has 35 heavy (non-hydrogen) atoms. The van der Waals surface area contributed by atoms with Crippen LogP contribution in [0.2, 0.25) is 0 Å². The number of hydrogen-bond acceptors (Lipinski definition) is 7. The number of anilines is 1. The first-order valence-electron chi connectivity index (χ1n) is 12.1. The van der Waals surface area contributed by atoms with E-state index in [0.29, 0.717) is 41.4 Å². The van der Waals surface area contributed by atoms with E-state index >= 15 is 0 Å². The zero-order chi connectivity index (χ0) is 24.2. The standard InChI is InChI=1S/C26H30FN5O2S/c1-34-25-5-3-21-26(31-25)19(20(27)16-29-21)8-12-32-10-6-18(7-11-32)28-15-17-2-4-23-22(14-17)30-24(33)9-13-35-23/h2-5,14,16,18,28H,6-13,15H2,1H3,(H,30,33). The Bertz CT molecular complexity index is 1220. The summed E-state index contributed by atoms with van der Waals surface area (Å²) in [5, 5.41) is 6.69. The molecule has 0 unspecified atom stereocenters. The number of nitrogens with one attached hydrogen (secondary N) is 2. The third-order valence-electron chi connectivity index (χ3n) is 6.71. The van der Waals surface area contributed by atoms with Crippen LogP contribution in [-0.2, 0) is 17.8 Å². The lowest BCUT2D eigenvalue weighted by Crippen LogP contribution is -2.42. The van der Waals surface area contributed by atoms with E-state index < -0.39 is 0 Å². The number of methoxy groups -OCH3 is 1. The average molecular weight is 496 g/mol. The monoisotopic (exact) mass is 495 g/mol. The molecular formula is C26H30FN5O2S. The fourth-order valence-electron chi connectivity index (χ4n) is 4.70. The van der Waals surface area contributed by atoms with E-state index in [-0.39, 0.29) is 11.7 Å². The molecule has 1 aromatic carbocycles. The Hall–Kier alpha value is -2.75. The van der Waals surface area contributed by atoms with E-state index in [2.05, 4.69) is 43.7 Å². The molecule has 1 fully saturated rings. The molecule has 0 aliphatic carbocycles. The summed E-state index contributed by atoms with van der Waals surface area (Å²) >= 11 is 1.73. The van der Waals surface area contributed by atoms with Gasteiger partial charge in [0.25, 0.3) is 0 Å². The summed E-state index contributed by atoms with van der Waals surface area (Å²) in [5.74, 6) is 1.06. The van der Waals surface area contributed by atoms with Gasteiger partial charge >= 0.3 is 0 Å². The number of hydrogen-bond donors (Lipinski definition) is 2. The van der Waals surface area contributed by atoms with E-state index in [0.717, 1.165) is 55.4 Å². The number of carbonyl (C=O) groups is 1. The van der Waals surface area contributed by atoms with Crippen molar-refractivity contribution in [2.75, 3.05) is 37.8 Å². The second-order valence-corrected chi connectivity index (χ2v) is 10.2. The number of halogens is 1. The number of benzene rings is 1. The van der Waals surface area contributed by atoms with Crippen molar-refractivity contribution in [2.45, 2.75) is 43.2 Å². The van der Waals surface area contributed by atoms with Crippen LogP contribution in [0.3, 0.4) is 0 Å². The summed E-state index contributed by atoms with van der Waals surface area (Å²) in [7, 11) is 1.56. The number of rotatable bonds is 7. The smallest absolute Gasteiger partial charge is 0.225 e. The number of nitrogens with zero attached hydrogens (tertiary/aromatic N) is 3. The zero-order valence-corrected chi connectivity index (χ0v) is 20.7. The maximum absolute atomic E-state index is 14.6. The third-order valence-corrected chi connectivity index (χ3v) is 7.79. The van der Waals surface area contributed by atoms with Crippen molar-refractivity contribution in [3.8, 4) is 5.88 Å². The molecule has 2 N–H and O–H groups in total. The minimum absolute atomic E-state index is 0.0864. The summed E-state index contributed by atoms with van der Waals surface area (Å²) in [6.45, 7) is 3.50. The molecule has 0 spiro atoms. The predicted octanol–water partition coefficient (Wildman–Crippen LogP) is 4.01. The number of piperidine rings is 1. The van der Waals surface area contributed by atoms with Gasteiger partial charge in [0.15, 0.2) is 0 Å². The van der Waals surface area contributed by atoms with Gasteiger partial charge in [-0.25, -0.2) is 9.37 Å². The molecule has 0 saturated carbocycles. The van der Waals surface area contributed by atoms with Gasteiger partial charge in [0.2, 0.25) is 11.8 Å². The first-order chi connectivity index (χ1) is 17.1. The zero-order valence-electron chi connectivity index (χ0n) is 19.8. The Morgan fingerprint density at radius 3 is 2.94 bits per heavy atom. The lowest BCUT2D eigenvalue weighted by atomic mass is 10.0. The number of carbonyl (C=O) groups excluding carboxylic acids is 1. The average Bonchev–Trinajstić information content (AvgIpc) is 3.07. The molecule has 2 aromatic heterocycles. The van der Waals surface area contributed by atoms with Crippen LogP contribution in [-0.4, -0.2) is 59.3 Å². The van der Waals surface area contributed by atoms with Crippen molar-refractivity contribution in [2.24, 2.45) is 0 Å². The van der Waals surface area contributed by atoms with Crippen molar-refractivity contribution < 1.29 is 13.9 Å². The van der Waals surface area contributed by atoms with Crippen LogP contribution < -0.4 is 15.4 Å². The highest BCUT2D eigenvalue weighted by Gasteiger charge is 2.20. The van der Waals surface area contributed by atoms with Gasteiger partial charge in [-0.2, -0.15) is 0 Å². The molecule has 1 amide bonds. The molecule has 0 bridgehead atoms. The molecule has 4 heterocycles. The summed E-state index contributed by atoms with van der Waals surface area (Å²) in [6, 6.07) is 10.3. The number of amides is 1. The first kappa shape index (κ1) is 24.0. The molecule has 5 rings (SSSR count). The predicted molar refractivity (Wildman–Crippen MR) is 136 cm³/mol. The van der Waals surface area contributed by atoms with Crippen LogP contribution in [0.4, 0.5) is 10.1 Å². The summed E-state index contributed by atoms with van der Waals surface area (Å²) in [6.07, 6.45) is 4.52. The number of ether oxygens (including phenoxy) is 1. The number of likely N-dealkylation sites (tertiary alicyclic amines) is 1. The highest BCUT2D eigenvalue weighted by Crippen LogP contribution is 2.31. The molecule has 3 aromatic rings. The van der Waals surface area contributed by atoms with Gasteiger partial charge in [0, 0.05) is 47.8 Å². The molecule has 0 radical (unpaired) electrons. The maximum atomic E-state index is 14.6. The Balaban J connectivity index is 1.13. The SMILES string of the molecule is COc1ccc2ncc(F)c(CCN3CCC(NCc4ccc5c(c4)NC(=O)CCS5)CC3)c2n1. The normalized spacial score (nSPS) is 17.1. The summed E-state index contributed by atoms with van der Waals surface area (Å²) in [5.41, 5.74) is 3.96. The van der Waals surface area contributed by atoms with E-state index in [9.17, 15) is 9.18 Å². The maximum Gasteiger partial charge on any atom is 0.225 e. The van der Waals surface area contributed by atoms with Gasteiger partial charge in [-0.15, -0.1) is 11.8 Å². The number of aromatic nitrogens is 2. The summed E-state index contributed by atoms with van der Waals surface area (Å²) in [4.78, 5) is 24.0. The van der Waals surface area contributed by atoms with Crippen molar-refractivity contribution in [1.82, 2.24) is 20.2 Å². The molecule has 0 atom stereocenters. The molecular weight excluding hydrogens is 465 g/mol. The van der Waals surface area contributed by atoms with Gasteiger partial charge in [-0.3, -0.25) is 9.78 Å². The second kappa shape index (κ2) is 10.9. The molecule has 1 saturated heterocycles. The topological polar surface area (TPSA) is 79.4 Å². The highest BCUT2D eigenvalue weighted by atomic mass is 32.2. The molecule has 184 valence electrons. The van der Waals surface area contributed by atoms with Gasteiger partial charge < -0.3 is 20.3 Å². The largest absolute Gasteiger partial charge is 0.481 e. The highest BCUT2D eigenvalue weighted by molar-refractivity contribution is 7.99. The van der Waals surface area contributed by atoms with E-state index in [1.54, 1.807) is 24.9 Å². The van der Waals surface area contributed by atoms with Gasteiger partial charge in [0.1, 0.15) is 5.82 Å². The Morgan fingerprint density at radius 2 is 2.11 bits per heavy atom. The number of fused-ring (bicyclic) bond motifs is 2. The van der Waals surface area contributed by atoms with Crippen molar-refractivity contribution in [1.29, 1.82) is 0 Å². The molecule has 9 heteroatoms. The van der Waals surface area contributed by atoms with Crippen molar-refractivity contribution in [3.05, 3.63) is 53.5 Å². The number of thioether (sulfide) groups is 1.